The summed E-state index contributed by atoms with van der Waals surface area (Å²) in [6, 6.07) is 16.4. The maximum Gasteiger partial charge on any atom is 0.253 e. The third-order valence-electron chi connectivity index (χ3n) is 12.3. The number of pyridine rings is 1. The number of piperazine rings is 1. The van der Waals surface area contributed by atoms with Crippen LogP contribution in [0.5, 0.6) is 5.75 Å². The van der Waals surface area contributed by atoms with Gasteiger partial charge in [0, 0.05) is 76.8 Å². The van der Waals surface area contributed by atoms with E-state index in [-0.39, 0.29) is 49.6 Å². The van der Waals surface area contributed by atoms with E-state index in [2.05, 4.69) is 35.7 Å². The number of likely N-dealkylation sites (tertiary alicyclic amines) is 1. The maximum atomic E-state index is 14.1. The Morgan fingerprint density at radius 3 is 2.38 bits per heavy atom. The fourth-order valence-electron chi connectivity index (χ4n) is 8.39. The molecule has 4 atom stereocenters. The lowest BCUT2D eigenvalue weighted by Gasteiger charge is -2.36. The molecule has 18 heteroatoms. The molecule has 1 saturated carbocycles. The SMILES string of the molecule is Cc1ncsc1-c1ccc([C@H](C)NC(=O)[C@@H]2C[C@@H](O)CN2C(=O)[C@@H](NC(=O)COCCN2CCN(c3ccc(C(=O)NC4CC(Oc5ccc(C#N)c(Cl)c5)C4)cn3)CC2)C(C)(C)C)cc1. The van der Waals surface area contributed by atoms with Crippen LogP contribution in [0, 0.1) is 23.7 Å². The number of thiazole rings is 1. The largest absolute Gasteiger partial charge is 0.490 e. The van der Waals surface area contributed by atoms with Crippen LogP contribution in [0.2, 0.25) is 5.02 Å². The minimum Gasteiger partial charge on any atom is -0.490 e. The first-order valence-electron chi connectivity index (χ1n) is 22.3. The average Bonchev–Trinajstić information content (AvgIpc) is 3.91. The van der Waals surface area contributed by atoms with Crippen molar-refractivity contribution in [1.29, 1.82) is 5.26 Å². The number of β-amino-alcohol motifs (C(OH)–C–C–N with tert-alkyl or cyclic N) is 1. The fraction of sp³-hybridized carbons (Fsp3) is 0.479. The van der Waals surface area contributed by atoms with Crippen molar-refractivity contribution in [3.63, 3.8) is 0 Å². The number of aryl methyl sites for hydroxylation is 1. The molecule has 0 unspecified atom stereocenters. The van der Waals surface area contributed by atoms with Crippen LogP contribution in [-0.2, 0) is 19.1 Å². The molecule has 4 amide bonds. The number of carbonyl (C=O) groups excluding carboxylic acids is 4. The highest BCUT2D eigenvalue weighted by molar-refractivity contribution is 7.13. The van der Waals surface area contributed by atoms with Crippen LogP contribution in [0.15, 0.2) is 66.3 Å². The van der Waals surface area contributed by atoms with E-state index in [9.17, 15) is 24.3 Å². The molecule has 4 aromatic rings. The van der Waals surface area contributed by atoms with Gasteiger partial charge in [-0.05, 0) is 54.7 Å². The summed E-state index contributed by atoms with van der Waals surface area (Å²) < 4.78 is 11.7. The molecule has 0 spiro atoms. The smallest absolute Gasteiger partial charge is 0.253 e. The quantitative estimate of drug-likeness (QED) is 0.111. The first-order chi connectivity index (χ1) is 31.6. The lowest BCUT2D eigenvalue weighted by Crippen LogP contribution is -2.58. The summed E-state index contributed by atoms with van der Waals surface area (Å²) >= 11 is 7.69. The molecule has 2 aliphatic heterocycles. The average molecular weight is 941 g/mol. The number of carbonyl (C=O) groups is 4. The molecule has 0 bridgehead atoms. The predicted octanol–water partition coefficient (Wildman–Crippen LogP) is 4.89. The molecule has 4 heterocycles. The lowest BCUT2D eigenvalue weighted by atomic mass is 9.85. The van der Waals surface area contributed by atoms with Crippen molar-refractivity contribution in [2.75, 3.05) is 57.4 Å². The molecule has 2 aromatic heterocycles. The van der Waals surface area contributed by atoms with E-state index in [4.69, 9.17) is 26.3 Å². The molecule has 1 aliphatic carbocycles. The van der Waals surface area contributed by atoms with E-state index in [0.29, 0.717) is 47.9 Å². The topological polar surface area (TPSA) is 202 Å². The first-order valence-corrected chi connectivity index (χ1v) is 23.6. The Morgan fingerprint density at radius 2 is 1.74 bits per heavy atom. The number of nitriles is 1. The number of nitrogens with zero attached hydrogens (tertiary/aromatic N) is 6. The van der Waals surface area contributed by atoms with Crippen LogP contribution < -0.4 is 25.6 Å². The Kier molecular flexibility index (Phi) is 15.6. The number of aliphatic hydroxyl groups excluding tert-OH is 1. The molecule has 16 nitrogen and oxygen atoms in total. The zero-order valence-electron chi connectivity index (χ0n) is 38.0. The molecule has 0 radical (unpaired) electrons. The molecule has 4 N–H and O–H groups in total. The normalized spacial score (nSPS) is 20.7. The molecule has 350 valence electrons. The third kappa shape index (κ3) is 12.0. The number of anilines is 1. The van der Waals surface area contributed by atoms with Crippen molar-refractivity contribution in [2.45, 2.75) is 90.3 Å². The zero-order valence-corrected chi connectivity index (χ0v) is 39.5. The van der Waals surface area contributed by atoms with Crippen LogP contribution in [-0.4, -0.2) is 131 Å². The standard InChI is InChI=1S/C48H58ClN9O7S/c1-29(31-6-8-32(9-7-31)43-30(2)52-28-66-43)53-46(62)40-22-36(59)26-58(40)47(63)44(48(3,4)5)55-42(60)27-64-19-18-56-14-16-57(17-15-56)41-13-11-34(25-51-41)45(61)54-35-20-38(21-35)65-37-12-10-33(24-50)39(49)23-37/h6-13,23,25,28-29,35-36,38,40,44,59H,14-22,26-27H2,1-5H3,(H,53,62)(H,54,61)(H,55,60)/t29-,35?,36+,38?,40-,44+/m0/s1. The molecule has 2 saturated heterocycles. The van der Waals surface area contributed by atoms with E-state index in [0.717, 1.165) is 53.7 Å². The van der Waals surface area contributed by atoms with Crippen molar-refractivity contribution < 1.29 is 33.8 Å². The second kappa shape index (κ2) is 21.3. The van der Waals surface area contributed by atoms with Gasteiger partial charge in [-0.2, -0.15) is 5.26 Å². The molecular formula is C48H58ClN9O7S. The summed E-state index contributed by atoms with van der Waals surface area (Å²) in [6.45, 7) is 13.0. The summed E-state index contributed by atoms with van der Waals surface area (Å²) in [7, 11) is 0. The van der Waals surface area contributed by atoms with Crippen molar-refractivity contribution >= 4 is 52.4 Å². The Hall–Kier alpha value is -5.64. The van der Waals surface area contributed by atoms with Crippen molar-refractivity contribution in [1.82, 2.24) is 35.7 Å². The van der Waals surface area contributed by atoms with Crippen LogP contribution in [0.3, 0.4) is 0 Å². The van der Waals surface area contributed by atoms with E-state index in [1.807, 2.05) is 76.5 Å². The van der Waals surface area contributed by atoms with E-state index in [1.165, 1.54) is 4.90 Å². The molecule has 7 rings (SSSR count). The van der Waals surface area contributed by atoms with Gasteiger partial charge >= 0.3 is 0 Å². The predicted molar refractivity (Wildman–Crippen MR) is 251 cm³/mol. The second-order valence-electron chi connectivity index (χ2n) is 18.3. The van der Waals surface area contributed by atoms with Crippen LogP contribution in [0.25, 0.3) is 10.4 Å². The van der Waals surface area contributed by atoms with Gasteiger partial charge in [0.25, 0.3) is 5.91 Å². The van der Waals surface area contributed by atoms with Gasteiger partial charge in [-0.1, -0.05) is 56.6 Å². The van der Waals surface area contributed by atoms with Crippen molar-refractivity contribution in [3.8, 4) is 22.3 Å². The van der Waals surface area contributed by atoms with Gasteiger partial charge in [-0.3, -0.25) is 24.1 Å². The Bertz CT molecular complexity index is 2390. The fourth-order valence-corrected chi connectivity index (χ4v) is 9.41. The van der Waals surface area contributed by atoms with Gasteiger partial charge in [0.1, 0.15) is 42.4 Å². The number of ether oxygens (including phenoxy) is 2. The number of hydrogen-bond acceptors (Lipinski definition) is 13. The van der Waals surface area contributed by atoms with Gasteiger partial charge < -0.3 is 40.3 Å². The van der Waals surface area contributed by atoms with Crippen LogP contribution >= 0.6 is 22.9 Å². The molecular weight excluding hydrogens is 882 g/mol. The van der Waals surface area contributed by atoms with E-state index in [1.54, 1.807) is 41.8 Å². The molecule has 66 heavy (non-hydrogen) atoms. The molecule has 3 fully saturated rings. The number of aliphatic hydroxyl groups is 1. The van der Waals surface area contributed by atoms with Gasteiger partial charge in [0.15, 0.2) is 0 Å². The minimum absolute atomic E-state index is 0.0117. The number of amides is 4. The first kappa shape index (κ1) is 48.3. The highest BCUT2D eigenvalue weighted by Crippen LogP contribution is 2.31. The second-order valence-corrected chi connectivity index (χ2v) is 19.6. The maximum absolute atomic E-state index is 14.1. The van der Waals surface area contributed by atoms with Gasteiger partial charge in [-0.15, -0.1) is 11.3 Å². The monoisotopic (exact) mass is 939 g/mol. The van der Waals surface area contributed by atoms with E-state index >= 15 is 0 Å². The summed E-state index contributed by atoms with van der Waals surface area (Å²) in [5, 5.41) is 29.0. The summed E-state index contributed by atoms with van der Waals surface area (Å²) in [5.74, 6) is -0.0571. The Balaban J connectivity index is 0.805. The third-order valence-corrected chi connectivity index (χ3v) is 13.6. The highest BCUT2D eigenvalue weighted by atomic mass is 35.5. The van der Waals surface area contributed by atoms with Crippen molar-refractivity contribution in [2.24, 2.45) is 5.41 Å². The van der Waals surface area contributed by atoms with Gasteiger partial charge in [0.05, 0.1) is 51.0 Å². The number of rotatable bonds is 16. The van der Waals surface area contributed by atoms with Crippen LogP contribution in [0.1, 0.15) is 80.2 Å². The molecule has 2 aromatic carbocycles. The minimum atomic E-state index is -0.960. The van der Waals surface area contributed by atoms with E-state index < -0.39 is 35.4 Å². The Morgan fingerprint density at radius 1 is 1.00 bits per heavy atom. The number of aromatic nitrogens is 2. The zero-order chi connectivity index (χ0) is 47.1. The number of benzene rings is 2. The van der Waals surface area contributed by atoms with Gasteiger partial charge in [-0.25, -0.2) is 9.97 Å². The Labute approximate surface area is 394 Å². The lowest BCUT2D eigenvalue weighted by molar-refractivity contribution is -0.144. The van der Waals surface area contributed by atoms with Crippen LogP contribution in [0.4, 0.5) is 5.82 Å². The summed E-state index contributed by atoms with van der Waals surface area (Å²) in [4.78, 5) is 69.7. The summed E-state index contributed by atoms with van der Waals surface area (Å²) in [5.41, 5.74) is 4.90. The summed E-state index contributed by atoms with van der Waals surface area (Å²) in [6.07, 6.45) is 2.09. The number of halogens is 1. The van der Waals surface area contributed by atoms with Crippen molar-refractivity contribution in [3.05, 3.63) is 93.7 Å². The number of hydrogen-bond donors (Lipinski definition) is 4. The highest BCUT2D eigenvalue weighted by Gasteiger charge is 2.45. The molecule has 3 aliphatic rings. The number of nitrogens with one attached hydrogen (secondary N) is 3. The van der Waals surface area contributed by atoms with Gasteiger partial charge in [0.2, 0.25) is 17.7 Å².